The molecule has 0 amide bonds. The van der Waals surface area contributed by atoms with Crippen molar-refractivity contribution in [1.82, 2.24) is 4.98 Å². The van der Waals surface area contributed by atoms with Crippen LogP contribution in [0.1, 0.15) is 40.7 Å². The van der Waals surface area contributed by atoms with Crippen LogP contribution in [0.5, 0.6) is 0 Å². The highest BCUT2D eigenvalue weighted by atomic mass is 79.9. The predicted molar refractivity (Wildman–Crippen MR) is 54.7 cm³/mol. The minimum atomic E-state index is -3.51. The standard InChI is InChI=1S/C10H12BrNO/c11-10-5-9(6-12-7-10)8-1-3-13-4-2-8/h5-8H,1-4H2/i1D2,2D2,3D2,4D2,5D,6D,7D,8D. The summed E-state index contributed by atoms with van der Waals surface area (Å²) in [5.74, 6) is -3.41. The van der Waals surface area contributed by atoms with E-state index in [1.54, 1.807) is 0 Å². The second-order valence-electron chi connectivity index (χ2n) is 2.08. The lowest BCUT2D eigenvalue weighted by Gasteiger charge is -2.21. The maximum Gasteiger partial charge on any atom is 0.0852 e. The molecule has 0 radical (unpaired) electrons. The molecule has 2 heterocycles. The fourth-order valence-electron chi connectivity index (χ4n) is 0.752. The Labute approximate surface area is 103 Å². The minimum absolute atomic E-state index is 0.357. The molecule has 0 saturated carbocycles. The number of ether oxygens (including phenoxy) is 1. The molecule has 0 aromatic carbocycles. The third-order valence-corrected chi connectivity index (χ3v) is 1.64. The summed E-state index contributed by atoms with van der Waals surface area (Å²) in [5.41, 5.74) is -0.985. The van der Waals surface area contributed by atoms with Crippen molar-refractivity contribution in [2.24, 2.45) is 0 Å². The molecule has 0 atom stereocenters. The normalized spacial score (nSPS) is 50.2. The van der Waals surface area contributed by atoms with Crippen molar-refractivity contribution in [3.63, 3.8) is 0 Å². The van der Waals surface area contributed by atoms with Gasteiger partial charge in [0.2, 0.25) is 0 Å². The predicted octanol–water partition coefficient (Wildman–Crippen LogP) is 2.74. The van der Waals surface area contributed by atoms with Crippen LogP contribution in [0.3, 0.4) is 0 Å². The molecule has 1 saturated heterocycles. The Morgan fingerprint density at radius 2 is 2.38 bits per heavy atom. The molecule has 1 aromatic heterocycles. The Balaban J connectivity index is 3.00. The average molecular weight is 254 g/mol. The van der Waals surface area contributed by atoms with Gasteiger partial charge in [0.25, 0.3) is 0 Å². The molecule has 0 spiro atoms. The van der Waals surface area contributed by atoms with Crippen LogP contribution in [-0.2, 0) is 4.74 Å². The lowest BCUT2D eigenvalue weighted by molar-refractivity contribution is 0.0852. The molecular formula is C10H12BrNO. The Hall–Kier alpha value is -0.410. The zero-order valence-electron chi connectivity index (χ0n) is 18.2. The second kappa shape index (κ2) is 4.20. The number of rotatable bonds is 1. The van der Waals surface area contributed by atoms with E-state index in [0.717, 1.165) is 0 Å². The molecule has 1 aromatic rings. The number of nitrogens with zero attached hydrogens (tertiary/aromatic N) is 1. The van der Waals surface area contributed by atoms with Crippen LogP contribution in [0.15, 0.2) is 22.9 Å². The van der Waals surface area contributed by atoms with Crippen molar-refractivity contribution in [2.45, 2.75) is 18.6 Å². The van der Waals surface area contributed by atoms with Gasteiger partial charge in [-0.05, 0) is 46.2 Å². The quantitative estimate of drug-likeness (QED) is 0.768. The molecule has 0 unspecified atom stereocenters. The maximum absolute atomic E-state index is 8.46. The molecule has 0 N–H and O–H groups in total. The summed E-state index contributed by atoms with van der Waals surface area (Å²) in [5, 5.41) is 0. The van der Waals surface area contributed by atoms with E-state index in [1.807, 2.05) is 0 Å². The van der Waals surface area contributed by atoms with Gasteiger partial charge >= 0.3 is 0 Å². The third kappa shape index (κ3) is 2.29. The molecule has 1 aliphatic rings. The Bertz CT molecular complexity index is 709. The highest BCUT2D eigenvalue weighted by molar-refractivity contribution is 9.10. The van der Waals surface area contributed by atoms with Crippen LogP contribution < -0.4 is 0 Å². The van der Waals surface area contributed by atoms with Gasteiger partial charge in [-0.15, -0.1) is 0 Å². The van der Waals surface area contributed by atoms with Crippen molar-refractivity contribution in [2.75, 3.05) is 13.1 Å². The second-order valence-corrected chi connectivity index (χ2v) is 2.87. The summed E-state index contributed by atoms with van der Waals surface area (Å²) >= 11 is 2.82. The number of halogens is 1. The zero-order chi connectivity index (χ0) is 19.8. The van der Waals surface area contributed by atoms with E-state index in [4.69, 9.17) is 16.4 Å². The van der Waals surface area contributed by atoms with Crippen LogP contribution in [0, 0.1) is 0 Å². The summed E-state index contributed by atoms with van der Waals surface area (Å²) in [7, 11) is 0. The van der Waals surface area contributed by atoms with Gasteiger partial charge < -0.3 is 4.74 Å². The average Bonchev–Trinajstić information content (AvgIpc) is 2.41. The highest BCUT2D eigenvalue weighted by Crippen LogP contribution is 2.27. The fraction of sp³-hybridized carbons (Fsp3) is 0.500. The lowest BCUT2D eigenvalue weighted by Crippen LogP contribution is -2.14. The Kier molecular flexibility index (Phi) is 0.835. The van der Waals surface area contributed by atoms with Gasteiger partial charge in [0.05, 0.1) is 9.60 Å². The van der Waals surface area contributed by atoms with Crippen molar-refractivity contribution in [1.29, 1.82) is 0 Å². The van der Waals surface area contributed by atoms with Crippen molar-refractivity contribution in [3.05, 3.63) is 28.4 Å². The Morgan fingerprint density at radius 3 is 3.15 bits per heavy atom. The Morgan fingerprint density at radius 1 is 1.62 bits per heavy atom. The van der Waals surface area contributed by atoms with Crippen LogP contribution in [0.25, 0.3) is 0 Å². The topological polar surface area (TPSA) is 22.1 Å². The molecular weight excluding hydrogens is 230 g/mol. The molecule has 13 heavy (non-hydrogen) atoms. The monoisotopic (exact) mass is 253 g/mol. The molecule has 2 nitrogen and oxygen atoms in total. The first-order valence-electron chi connectivity index (χ1n) is 9.29. The zero-order valence-corrected chi connectivity index (χ0v) is 7.82. The van der Waals surface area contributed by atoms with Crippen LogP contribution in [-0.4, -0.2) is 18.1 Å². The summed E-state index contributed by atoms with van der Waals surface area (Å²) in [6.07, 6.45) is -8.59. The van der Waals surface area contributed by atoms with Crippen LogP contribution in [0.4, 0.5) is 0 Å². The smallest absolute Gasteiger partial charge is 0.0852 e. The van der Waals surface area contributed by atoms with E-state index >= 15 is 0 Å². The first-order valence-corrected chi connectivity index (χ1v) is 4.09. The van der Waals surface area contributed by atoms with Gasteiger partial charge in [-0.3, -0.25) is 4.98 Å². The molecule has 0 aliphatic carbocycles. The van der Waals surface area contributed by atoms with Crippen molar-refractivity contribution < 1.29 is 21.2 Å². The first-order chi connectivity index (χ1) is 11.0. The molecule has 2 rings (SSSR count). The molecule has 70 valence electrons. The van der Waals surface area contributed by atoms with Gasteiger partial charge in [0.1, 0.15) is 0 Å². The van der Waals surface area contributed by atoms with E-state index in [9.17, 15) is 0 Å². The number of aromatic nitrogens is 1. The number of hydrogen-bond acceptors (Lipinski definition) is 2. The summed E-state index contributed by atoms with van der Waals surface area (Å²) in [6.45, 7) is -6.90. The van der Waals surface area contributed by atoms with E-state index in [2.05, 4.69) is 25.7 Å². The molecule has 3 heteroatoms. The number of hydrogen-bond donors (Lipinski definition) is 0. The van der Waals surface area contributed by atoms with Gasteiger partial charge in [-0.2, -0.15) is 0 Å². The molecule has 1 aliphatic heterocycles. The third-order valence-electron chi connectivity index (χ3n) is 1.26. The van der Waals surface area contributed by atoms with Gasteiger partial charge in [-0.25, -0.2) is 0 Å². The van der Waals surface area contributed by atoms with E-state index < -0.39 is 55.7 Å². The summed E-state index contributed by atoms with van der Waals surface area (Å²) in [4.78, 5) is 3.41. The summed E-state index contributed by atoms with van der Waals surface area (Å²) in [6, 6.07) is -0.818. The van der Waals surface area contributed by atoms with Gasteiger partial charge in [0.15, 0.2) is 0 Å². The van der Waals surface area contributed by atoms with E-state index in [1.165, 1.54) is 0 Å². The lowest BCUT2D eigenvalue weighted by atomic mass is 9.93. The molecule has 0 bridgehead atoms. The van der Waals surface area contributed by atoms with Crippen molar-refractivity contribution in [3.8, 4) is 0 Å². The van der Waals surface area contributed by atoms with Crippen LogP contribution in [0.2, 0.25) is 0 Å². The van der Waals surface area contributed by atoms with Crippen molar-refractivity contribution >= 4 is 15.9 Å². The summed E-state index contributed by atoms with van der Waals surface area (Å²) < 4.78 is 98.3. The van der Waals surface area contributed by atoms with E-state index in [-0.39, 0.29) is 4.47 Å². The first kappa shape index (κ1) is 2.58. The molecule has 1 fully saturated rings. The maximum atomic E-state index is 8.46. The van der Waals surface area contributed by atoms with Crippen LogP contribution >= 0.6 is 15.9 Å². The van der Waals surface area contributed by atoms with Gasteiger partial charge in [-0.1, -0.05) is 0 Å². The fourth-order valence-corrected chi connectivity index (χ4v) is 1.04. The highest BCUT2D eigenvalue weighted by Gasteiger charge is 2.15. The SMILES string of the molecule is [2H]c1nc([2H])c(C2([2H])C([2H])([2H])C([2H])([2H])OC([2H])([2H])C2([2H])[2H])c([2H])c1Br. The van der Waals surface area contributed by atoms with E-state index in [0.29, 0.717) is 0 Å². The minimum Gasteiger partial charge on any atom is -0.381 e. The van der Waals surface area contributed by atoms with Gasteiger partial charge in [0, 0.05) is 36.8 Å². The number of pyridine rings is 1. The largest absolute Gasteiger partial charge is 0.381 e.